The van der Waals surface area contributed by atoms with Gasteiger partial charge in [-0.05, 0) is 42.0 Å². The molecule has 1 unspecified atom stereocenters. The number of benzene rings is 2. The lowest BCUT2D eigenvalue weighted by Gasteiger charge is -2.24. The van der Waals surface area contributed by atoms with Crippen molar-refractivity contribution in [2.75, 3.05) is 26.7 Å². The normalized spacial score (nSPS) is 16.5. The highest BCUT2D eigenvalue weighted by molar-refractivity contribution is 5.78. The molecule has 8 nitrogen and oxygen atoms in total. The zero-order chi connectivity index (χ0) is 25.5. The second-order valence-corrected chi connectivity index (χ2v) is 9.18. The van der Waals surface area contributed by atoms with Gasteiger partial charge in [-0.2, -0.15) is 5.10 Å². The molecule has 2 aromatic heterocycles. The first kappa shape index (κ1) is 24.7. The summed E-state index contributed by atoms with van der Waals surface area (Å²) in [5.74, 6) is 0.861. The number of pyridine rings is 1. The van der Waals surface area contributed by atoms with Crippen LogP contribution in [0.2, 0.25) is 0 Å². The van der Waals surface area contributed by atoms with Gasteiger partial charge in [-0.15, -0.1) is 0 Å². The van der Waals surface area contributed by atoms with Gasteiger partial charge in [-0.25, -0.2) is 4.68 Å². The van der Waals surface area contributed by atoms with Crippen LogP contribution in [0.3, 0.4) is 0 Å². The van der Waals surface area contributed by atoms with Gasteiger partial charge in [-0.1, -0.05) is 36.4 Å². The van der Waals surface area contributed by atoms with E-state index in [0.29, 0.717) is 39.3 Å². The van der Waals surface area contributed by atoms with Crippen LogP contribution < -0.4 is 4.74 Å². The molecule has 0 saturated carbocycles. The third-order valence-electron chi connectivity index (χ3n) is 6.36. The van der Waals surface area contributed by atoms with Crippen LogP contribution in [0, 0.1) is 0 Å². The number of aromatic nitrogens is 3. The minimum absolute atomic E-state index is 0.0635. The largest absolute Gasteiger partial charge is 0.497 e. The quantitative estimate of drug-likeness (QED) is 0.351. The van der Waals surface area contributed by atoms with Gasteiger partial charge in [0, 0.05) is 37.6 Å². The zero-order valence-corrected chi connectivity index (χ0v) is 20.9. The van der Waals surface area contributed by atoms with E-state index < -0.39 is 0 Å². The second-order valence-electron chi connectivity index (χ2n) is 9.18. The third kappa shape index (κ3) is 6.61. The van der Waals surface area contributed by atoms with E-state index in [-0.39, 0.29) is 12.0 Å². The maximum Gasteiger partial charge on any atom is 0.237 e. The number of carbonyl (C=O) groups is 1. The van der Waals surface area contributed by atoms with E-state index in [4.69, 9.17) is 9.47 Å². The number of hydrogen-bond acceptors (Lipinski definition) is 6. The van der Waals surface area contributed by atoms with Crippen molar-refractivity contribution in [3.8, 4) is 11.4 Å². The molecule has 190 valence electrons. The number of hydrogen-bond donors (Lipinski definition) is 0. The number of carbonyl (C=O) groups excluding carboxylic acids is 1. The molecule has 0 aliphatic carbocycles. The van der Waals surface area contributed by atoms with Crippen LogP contribution in [0.1, 0.15) is 16.8 Å². The van der Waals surface area contributed by atoms with Gasteiger partial charge in [0.25, 0.3) is 0 Å². The van der Waals surface area contributed by atoms with E-state index >= 15 is 0 Å². The van der Waals surface area contributed by atoms with E-state index in [9.17, 15) is 4.79 Å². The number of para-hydroxylation sites is 1. The summed E-state index contributed by atoms with van der Waals surface area (Å²) in [5, 5.41) is 4.52. The Labute approximate surface area is 217 Å². The monoisotopic (exact) mass is 497 g/mol. The lowest BCUT2D eigenvalue weighted by molar-refractivity contribution is -0.132. The molecule has 1 fully saturated rings. The first-order valence-electron chi connectivity index (χ1n) is 12.4. The van der Waals surface area contributed by atoms with Crippen molar-refractivity contribution in [2.45, 2.75) is 25.8 Å². The van der Waals surface area contributed by atoms with Crippen molar-refractivity contribution >= 4 is 5.91 Å². The summed E-state index contributed by atoms with van der Waals surface area (Å²) in [6, 6.07) is 23.6. The molecule has 1 aliphatic rings. The maximum absolute atomic E-state index is 13.3. The van der Waals surface area contributed by atoms with Gasteiger partial charge in [0.05, 0.1) is 50.5 Å². The Hall–Kier alpha value is -4.01. The summed E-state index contributed by atoms with van der Waals surface area (Å²) >= 11 is 0. The molecule has 4 aromatic rings. The van der Waals surface area contributed by atoms with E-state index in [2.05, 4.69) is 15.0 Å². The summed E-state index contributed by atoms with van der Waals surface area (Å²) < 4.78 is 13.6. The van der Waals surface area contributed by atoms with Gasteiger partial charge in [0.15, 0.2) is 0 Å². The average Bonchev–Trinajstić information content (AvgIpc) is 3.35. The number of amides is 1. The molecule has 1 aliphatic heterocycles. The summed E-state index contributed by atoms with van der Waals surface area (Å²) in [6.45, 7) is 2.94. The Morgan fingerprint density at radius 1 is 0.946 bits per heavy atom. The van der Waals surface area contributed by atoms with Crippen molar-refractivity contribution in [3.63, 3.8) is 0 Å². The molecule has 0 bridgehead atoms. The van der Waals surface area contributed by atoms with E-state index in [1.165, 1.54) is 0 Å². The standard InChI is InChI=1S/C29H31N5O3/c1-36-27-12-7-8-23(14-27)22-37-28-19-32(16-24-15-31-34(17-24)26-10-3-2-4-11-26)21-29(35)33(20-28)18-25-9-5-6-13-30-25/h2-15,17,28H,16,18-22H2,1H3. The molecular weight excluding hydrogens is 466 g/mol. The van der Waals surface area contributed by atoms with Crippen LogP contribution >= 0.6 is 0 Å². The van der Waals surface area contributed by atoms with Crippen molar-refractivity contribution in [3.05, 3.63) is 108 Å². The van der Waals surface area contributed by atoms with Crippen molar-refractivity contribution in [1.82, 2.24) is 24.6 Å². The zero-order valence-electron chi connectivity index (χ0n) is 20.9. The molecular formula is C29H31N5O3. The molecule has 2 aromatic carbocycles. The fourth-order valence-electron chi connectivity index (χ4n) is 4.51. The van der Waals surface area contributed by atoms with Gasteiger partial charge in [0.1, 0.15) is 5.75 Å². The summed E-state index contributed by atoms with van der Waals surface area (Å²) in [7, 11) is 1.66. The Morgan fingerprint density at radius 3 is 2.62 bits per heavy atom. The van der Waals surface area contributed by atoms with Gasteiger partial charge in [0.2, 0.25) is 5.91 Å². The van der Waals surface area contributed by atoms with E-state index in [0.717, 1.165) is 28.3 Å². The lowest BCUT2D eigenvalue weighted by Crippen LogP contribution is -2.37. The molecule has 1 amide bonds. The van der Waals surface area contributed by atoms with Crippen LogP contribution in [0.4, 0.5) is 0 Å². The van der Waals surface area contributed by atoms with Crippen LogP contribution in [-0.4, -0.2) is 63.3 Å². The molecule has 8 heteroatoms. The van der Waals surface area contributed by atoms with Crippen molar-refractivity contribution in [2.24, 2.45) is 0 Å². The average molecular weight is 498 g/mol. The molecule has 0 radical (unpaired) electrons. The lowest BCUT2D eigenvalue weighted by atomic mass is 10.2. The highest BCUT2D eigenvalue weighted by Gasteiger charge is 2.29. The number of methoxy groups -OCH3 is 1. The Balaban J connectivity index is 1.31. The molecule has 5 rings (SSSR count). The number of nitrogens with zero attached hydrogens (tertiary/aromatic N) is 5. The SMILES string of the molecule is COc1cccc(COC2CN(Cc3cnn(-c4ccccc4)c3)CC(=O)N(Cc3ccccn3)C2)c1. The van der Waals surface area contributed by atoms with Crippen LogP contribution in [0.25, 0.3) is 5.69 Å². The predicted octanol–water partition coefficient (Wildman–Crippen LogP) is 3.71. The Morgan fingerprint density at radius 2 is 1.81 bits per heavy atom. The van der Waals surface area contributed by atoms with Crippen LogP contribution in [0.5, 0.6) is 5.75 Å². The van der Waals surface area contributed by atoms with Crippen LogP contribution in [-0.2, 0) is 29.2 Å². The first-order valence-corrected chi connectivity index (χ1v) is 12.4. The van der Waals surface area contributed by atoms with Crippen molar-refractivity contribution in [1.29, 1.82) is 0 Å². The summed E-state index contributed by atoms with van der Waals surface area (Å²) in [4.78, 5) is 21.7. The van der Waals surface area contributed by atoms with Crippen LogP contribution in [0.15, 0.2) is 91.4 Å². The third-order valence-corrected chi connectivity index (χ3v) is 6.36. The fourth-order valence-corrected chi connectivity index (χ4v) is 4.51. The minimum atomic E-state index is -0.162. The maximum atomic E-state index is 13.3. The van der Waals surface area contributed by atoms with E-state index in [1.54, 1.807) is 13.3 Å². The van der Waals surface area contributed by atoms with Crippen molar-refractivity contribution < 1.29 is 14.3 Å². The molecule has 0 spiro atoms. The molecule has 1 saturated heterocycles. The predicted molar refractivity (Wildman–Crippen MR) is 140 cm³/mol. The topological polar surface area (TPSA) is 72.7 Å². The van der Waals surface area contributed by atoms with Gasteiger partial charge >= 0.3 is 0 Å². The van der Waals surface area contributed by atoms with Gasteiger partial charge < -0.3 is 14.4 Å². The second kappa shape index (κ2) is 11.8. The molecule has 37 heavy (non-hydrogen) atoms. The summed E-state index contributed by atoms with van der Waals surface area (Å²) in [5.41, 5.74) is 3.94. The molecule has 0 N–H and O–H groups in total. The highest BCUT2D eigenvalue weighted by atomic mass is 16.5. The Bertz CT molecular complexity index is 1300. The Kier molecular flexibility index (Phi) is 7.88. The minimum Gasteiger partial charge on any atom is -0.497 e. The first-order chi connectivity index (χ1) is 18.2. The number of ether oxygens (including phenoxy) is 2. The fraction of sp³-hybridized carbons (Fsp3) is 0.276. The number of rotatable bonds is 9. The molecule has 1 atom stereocenters. The summed E-state index contributed by atoms with van der Waals surface area (Å²) in [6.07, 6.45) is 5.47. The van der Waals surface area contributed by atoms with E-state index in [1.807, 2.05) is 94.8 Å². The molecule has 3 heterocycles. The smallest absolute Gasteiger partial charge is 0.237 e. The highest BCUT2D eigenvalue weighted by Crippen LogP contribution is 2.18. The van der Waals surface area contributed by atoms with Gasteiger partial charge in [-0.3, -0.25) is 14.7 Å².